The van der Waals surface area contributed by atoms with Crippen LogP contribution >= 0.6 is 31.9 Å². The second-order valence-corrected chi connectivity index (χ2v) is 6.26. The third kappa shape index (κ3) is 2.74. The summed E-state index contributed by atoms with van der Waals surface area (Å²) >= 11 is 6.80. The summed E-state index contributed by atoms with van der Waals surface area (Å²) in [6, 6.07) is 4.08. The fourth-order valence-corrected chi connectivity index (χ4v) is 2.73. The number of pyridine rings is 1. The number of nitrogens with one attached hydrogen (secondary N) is 1. The van der Waals surface area contributed by atoms with Gasteiger partial charge in [-0.05, 0) is 56.8 Å². The van der Waals surface area contributed by atoms with Crippen molar-refractivity contribution >= 4 is 43.5 Å². The van der Waals surface area contributed by atoms with Crippen molar-refractivity contribution in [2.45, 2.75) is 18.9 Å². The summed E-state index contributed by atoms with van der Waals surface area (Å²) in [7, 11) is 0. The van der Waals surface area contributed by atoms with Crippen LogP contribution in [0.25, 0.3) is 0 Å². The molecule has 4 nitrogen and oxygen atoms in total. The highest BCUT2D eigenvalue weighted by atomic mass is 79.9. The van der Waals surface area contributed by atoms with E-state index in [1.54, 1.807) is 18.5 Å². The molecule has 0 saturated heterocycles. The second-order valence-electron chi connectivity index (χ2n) is 4.49. The van der Waals surface area contributed by atoms with Crippen LogP contribution in [0.3, 0.4) is 0 Å². The Morgan fingerprint density at radius 1 is 1.42 bits per heavy atom. The molecular weight excluding hydrogens is 374 g/mol. The van der Waals surface area contributed by atoms with E-state index in [-0.39, 0.29) is 5.91 Å². The van der Waals surface area contributed by atoms with Crippen molar-refractivity contribution in [1.82, 2.24) is 9.55 Å². The minimum absolute atomic E-state index is 0.107. The summed E-state index contributed by atoms with van der Waals surface area (Å²) in [5.74, 6) is -0.107. The van der Waals surface area contributed by atoms with Gasteiger partial charge in [0.2, 0.25) is 0 Å². The Kier molecular flexibility index (Phi) is 3.45. The maximum absolute atomic E-state index is 12.3. The van der Waals surface area contributed by atoms with Gasteiger partial charge in [-0.2, -0.15) is 0 Å². The van der Waals surface area contributed by atoms with Gasteiger partial charge in [-0.3, -0.25) is 9.78 Å². The number of amides is 1. The van der Waals surface area contributed by atoms with E-state index in [0.29, 0.717) is 11.7 Å². The predicted octanol–water partition coefficient (Wildman–Crippen LogP) is 4.00. The van der Waals surface area contributed by atoms with Crippen LogP contribution in [-0.4, -0.2) is 15.5 Å². The molecule has 19 heavy (non-hydrogen) atoms. The molecule has 0 spiro atoms. The first-order valence-electron chi connectivity index (χ1n) is 5.93. The lowest BCUT2D eigenvalue weighted by molar-refractivity contribution is 0.101. The maximum Gasteiger partial charge on any atom is 0.272 e. The quantitative estimate of drug-likeness (QED) is 0.869. The van der Waals surface area contributed by atoms with Gasteiger partial charge in [0, 0.05) is 29.1 Å². The van der Waals surface area contributed by atoms with E-state index in [1.165, 1.54) is 0 Å². The molecule has 1 fully saturated rings. The minimum atomic E-state index is -0.107. The summed E-state index contributed by atoms with van der Waals surface area (Å²) in [5.41, 5.74) is 1.40. The lowest BCUT2D eigenvalue weighted by Crippen LogP contribution is -2.16. The lowest BCUT2D eigenvalue weighted by atomic mass is 10.3. The molecular formula is C13H11Br2N3O. The molecule has 0 atom stereocenters. The van der Waals surface area contributed by atoms with Gasteiger partial charge < -0.3 is 9.88 Å². The molecule has 0 radical (unpaired) electrons. The van der Waals surface area contributed by atoms with E-state index in [9.17, 15) is 4.79 Å². The summed E-state index contributed by atoms with van der Waals surface area (Å²) in [6.45, 7) is 0. The van der Waals surface area contributed by atoms with E-state index in [2.05, 4.69) is 42.2 Å². The molecule has 1 N–H and O–H groups in total. The number of rotatable bonds is 3. The molecule has 0 aromatic carbocycles. The molecule has 1 amide bonds. The van der Waals surface area contributed by atoms with Crippen molar-refractivity contribution in [3.8, 4) is 0 Å². The van der Waals surface area contributed by atoms with E-state index in [1.807, 2.05) is 16.8 Å². The van der Waals surface area contributed by atoms with Crippen molar-refractivity contribution in [2.75, 3.05) is 5.32 Å². The average molecular weight is 385 g/mol. The Bertz CT molecular complexity index is 635. The predicted molar refractivity (Wildman–Crippen MR) is 80.3 cm³/mol. The Morgan fingerprint density at radius 3 is 2.89 bits per heavy atom. The first kappa shape index (κ1) is 12.9. The largest absolute Gasteiger partial charge is 0.339 e. The van der Waals surface area contributed by atoms with Crippen LogP contribution in [0.15, 0.2) is 39.7 Å². The van der Waals surface area contributed by atoms with Gasteiger partial charge in [0.1, 0.15) is 5.69 Å². The van der Waals surface area contributed by atoms with Gasteiger partial charge in [-0.1, -0.05) is 0 Å². The number of nitrogens with zero attached hydrogens (tertiary/aromatic N) is 2. The van der Waals surface area contributed by atoms with Gasteiger partial charge in [-0.15, -0.1) is 0 Å². The standard InChI is InChI=1S/C13H11Br2N3O/c14-8-5-12(18(7-8)9-1-2-9)13(19)17-11-3-4-16-6-10(11)15/h3-7,9H,1-2H2,(H,16,17,19). The first-order valence-corrected chi connectivity index (χ1v) is 7.52. The van der Waals surface area contributed by atoms with Gasteiger partial charge in [0.25, 0.3) is 5.91 Å². The zero-order valence-electron chi connectivity index (χ0n) is 9.94. The molecule has 2 heterocycles. The molecule has 3 rings (SSSR count). The molecule has 1 saturated carbocycles. The maximum atomic E-state index is 12.3. The second kappa shape index (κ2) is 5.09. The Morgan fingerprint density at radius 2 is 2.21 bits per heavy atom. The van der Waals surface area contributed by atoms with Crippen molar-refractivity contribution in [3.63, 3.8) is 0 Å². The van der Waals surface area contributed by atoms with Crippen LogP contribution in [0, 0.1) is 0 Å². The summed E-state index contributed by atoms with van der Waals surface area (Å²) in [5, 5.41) is 2.90. The Hall–Kier alpha value is -1.14. The SMILES string of the molecule is O=C(Nc1ccncc1Br)c1cc(Br)cn1C1CC1. The van der Waals surface area contributed by atoms with Gasteiger partial charge in [0.15, 0.2) is 0 Å². The fraction of sp³-hybridized carbons (Fsp3) is 0.231. The van der Waals surface area contributed by atoms with Gasteiger partial charge in [0.05, 0.1) is 10.2 Å². The van der Waals surface area contributed by atoms with Gasteiger partial charge in [-0.25, -0.2) is 0 Å². The average Bonchev–Trinajstić information content (AvgIpc) is 3.15. The number of carbonyl (C=O) groups is 1. The van der Waals surface area contributed by atoms with E-state index in [4.69, 9.17) is 0 Å². The number of halogens is 2. The normalized spacial score (nSPS) is 14.4. The molecule has 0 unspecified atom stereocenters. The van der Waals surface area contributed by atoms with Crippen LogP contribution in [0.2, 0.25) is 0 Å². The topological polar surface area (TPSA) is 46.9 Å². The number of carbonyl (C=O) groups excluding carboxylic acids is 1. The Balaban J connectivity index is 1.86. The van der Waals surface area contributed by atoms with Gasteiger partial charge >= 0.3 is 0 Å². The lowest BCUT2D eigenvalue weighted by Gasteiger charge is -2.09. The number of anilines is 1. The van der Waals surface area contributed by atoms with Crippen molar-refractivity contribution < 1.29 is 4.79 Å². The molecule has 0 bridgehead atoms. The summed E-state index contributed by atoms with van der Waals surface area (Å²) in [4.78, 5) is 16.3. The number of hydrogen-bond acceptors (Lipinski definition) is 2. The van der Waals surface area contributed by atoms with Crippen molar-refractivity contribution in [1.29, 1.82) is 0 Å². The molecule has 2 aromatic rings. The number of aromatic nitrogens is 2. The van der Waals surface area contributed by atoms with E-state index >= 15 is 0 Å². The molecule has 2 aromatic heterocycles. The molecule has 6 heteroatoms. The van der Waals surface area contributed by atoms with Crippen LogP contribution in [0.5, 0.6) is 0 Å². The van der Waals surface area contributed by atoms with Crippen molar-refractivity contribution in [3.05, 3.63) is 45.4 Å². The van der Waals surface area contributed by atoms with Crippen LogP contribution in [-0.2, 0) is 0 Å². The van der Waals surface area contributed by atoms with E-state index < -0.39 is 0 Å². The van der Waals surface area contributed by atoms with Crippen LogP contribution in [0.4, 0.5) is 5.69 Å². The highest BCUT2D eigenvalue weighted by Crippen LogP contribution is 2.37. The van der Waals surface area contributed by atoms with Crippen LogP contribution in [0.1, 0.15) is 29.4 Å². The smallest absolute Gasteiger partial charge is 0.272 e. The molecule has 1 aliphatic rings. The van der Waals surface area contributed by atoms with Crippen molar-refractivity contribution in [2.24, 2.45) is 0 Å². The number of hydrogen-bond donors (Lipinski definition) is 1. The third-order valence-corrected chi connectivity index (χ3v) is 4.07. The minimum Gasteiger partial charge on any atom is -0.339 e. The fourth-order valence-electron chi connectivity index (χ4n) is 1.95. The molecule has 0 aliphatic heterocycles. The highest BCUT2D eigenvalue weighted by Gasteiger charge is 2.27. The van der Waals surface area contributed by atoms with E-state index in [0.717, 1.165) is 27.5 Å². The molecule has 98 valence electrons. The molecule has 1 aliphatic carbocycles. The zero-order valence-corrected chi connectivity index (χ0v) is 13.1. The third-order valence-electron chi connectivity index (χ3n) is 3.01. The monoisotopic (exact) mass is 383 g/mol. The highest BCUT2D eigenvalue weighted by molar-refractivity contribution is 9.10. The summed E-state index contributed by atoms with van der Waals surface area (Å²) in [6.07, 6.45) is 7.55. The summed E-state index contributed by atoms with van der Waals surface area (Å²) < 4.78 is 3.74. The van der Waals surface area contributed by atoms with Crippen LogP contribution < -0.4 is 5.32 Å². The first-order chi connectivity index (χ1) is 9.15. The zero-order chi connectivity index (χ0) is 13.4. The Labute approximate surface area is 127 Å².